The van der Waals surface area contributed by atoms with E-state index in [-0.39, 0.29) is 16.7 Å². The quantitative estimate of drug-likeness (QED) is 0.546. The van der Waals surface area contributed by atoms with E-state index in [9.17, 15) is 14.4 Å². The lowest BCUT2D eigenvalue weighted by atomic mass is 10.2. The van der Waals surface area contributed by atoms with Crippen LogP contribution in [0, 0.1) is 0 Å². The van der Waals surface area contributed by atoms with E-state index in [2.05, 4.69) is 10.3 Å². The average Bonchev–Trinajstić information content (AvgIpc) is 3.39. The van der Waals surface area contributed by atoms with Crippen LogP contribution < -0.4 is 16.6 Å². The summed E-state index contributed by atoms with van der Waals surface area (Å²) in [6, 6.07) is 12.6. The van der Waals surface area contributed by atoms with Gasteiger partial charge in [0.25, 0.3) is 11.5 Å². The second-order valence-corrected chi connectivity index (χ2v) is 7.60. The monoisotopic (exact) mass is 416 g/mol. The number of rotatable bonds is 3. The van der Waals surface area contributed by atoms with Gasteiger partial charge in [0.15, 0.2) is 0 Å². The molecule has 1 aliphatic rings. The Morgan fingerprint density at radius 3 is 2.55 bits per heavy atom. The minimum Gasteiger partial charge on any atom is -0.305 e. The summed E-state index contributed by atoms with van der Waals surface area (Å²) in [6.07, 6.45) is 2.71. The minimum absolute atomic E-state index is 0.114. The smallest absolute Gasteiger partial charge is 0.305 e. The number of pyridine rings is 1. The van der Waals surface area contributed by atoms with Crippen LogP contribution in [0.15, 0.2) is 52.1 Å². The lowest BCUT2D eigenvalue weighted by Crippen LogP contribution is -2.37. The van der Waals surface area contributed by atoms with Gasteiger partial charge >= 0.3 is 5.69 Å². The molecule has 5 rings (SSSR count). The first-order valence-corrected chi connectivity index (χ1v) is 10.00. The number of para-hydroxylation sites is 1. The van der Waals surface area contributed by atoms with E-state index in [4.69, 9.17) is 5.10 Å². The summed E-state index contributed by atoms with van der Waals surface area (Å²) < 4.78 is 4.03. The topological polar surface area (TPSA) is 104 Å². The SMILES string of the molecule is Cn1c(=O)c2ccc(C(=O)Nc3c4c(nn3-c3ccccc3)CCC4)nc2n(C)c1=O. The number of carbonyl (C=O) groups is 1. The van der Waals surface area contributed by atoms with E-state index >= 15 is 0 Å². The van der Waals surface area contributed by atoms with Gasteiger partial charge in [0.2, 0.25) is 0 Å². The molecule has 0 spiro atoms. The molecule has 31 heavy (non-hydrogen) atoms. The van der Waals surface area contributed by atoms with Gasteiger partial charge in [-0.25, -0.2) is 14.5 Å². The Hall–Kier alpha value is -4.01. The van der Waals surface area contributed by atoms with Crippen LogP contribution in [0.3, 0.4) is 0 Å². The molecule has 0 atom stereocenters. The highest BCUT2D eigenvalue weighted by Gasteiger charge is 2.25. The first-order chi connectivity index (χ1) is 15.0. The zero-order chi connectivity index (χ0) is 21.7. The van der Waals surface area contributed by atoms with Crippen molar-refractivity contribution in [1.29, 1.82) is 0 Å². The number of aromatic nitrogens is 5. The van der Waals surface area contributed by atoms with Crippen molar-refractivity contribution in [3.05, 3.63) is 80.3 Å². The molecule has 9 nitrogen and oxygen atoms in total. The largest absolute Gasteiger partial charge is 0.332 e. The number of hydrogen-bond donors (Lipinski definition) is 1. The number of fused-ring (bicyclic) bond motifs is 2. The number of anilines is 1. The van der Waals surface area contributed by atoms with Crippen LogP contribution in [0.1, 0.15) is 28.2 Å². The van der Waals surface area contributed by atoms with Gasteiger partial charge in [-0.05, 0) is 43.5 Å². The van der Waals surface area contributed by atoms with Crippen LogP contribution in [-0.4, -0.2) is 29.8 Å². The van der Waals surface area contributed by atoms with Crippen LogP contribution in [0.2, 0.25) is 0 Å². The van der Waals surface area contributed by atoms with E-state index in [1.54, 1.807) is 4.68 Å². The summed E-state index contributed by atoms with van der Waals surface area (Å²) in [6.45, 7) is 0. The molecule has 0 unspecified atom stereocenters. The standard InChI is InChI=1S/C22H20N6O3/c1-26-18-15(21(30)27(2)22(26)31)11-12-17(23-18)20(29)24-19-14-9-6-10-16(14)25-28(19)13-7-4-3-5-8-13/h3-5,7-8,11-12H,6,9-10H2,1-2H3,(H,24,29). The molecular weight excluding hydrogens is 396 g/mol. The first kappa shape index (κ1) is 19.0. The van der Waals surface area contributed by atoms with Gasteiger partial charge in [0.05, 0.1) is 16.8 Å². The number of carbonyl (C=O) groups excluding carboxylic acids is 1. The fraction of sp³-hybridized carbons (Fsp3) is 0.227. The van der Waals surface area contributed by atoms with E-state index in [0.717, 1.165) is 40.8 Å². The Morgan fingerprint density at radius 1 is 1.00 bits per heavy atom. The van der Waals surface area contributed by atoms with Crippen molar-refractivity contribution in [1.82, 2.24) is 23.9 Å². The Kier molecular flexibility index (Phi) is 4.32. The van der Waals surface area contributed by atoms with Gasteiger partial charge in [-0.3, -0.25) is 18.7 Å². The van der Waals surface area contributed by atoms with Crippen LogP contribution >= 0.6 is 0 Å². The Balaban J connectivity index is 1.58. The zero-order valence-electron chi connectivity index (χ0n) is 17.1. The minimum atomic E-state index is -0.498. The number of nitrogens with zero attached hydrogens (tertiary/aromatic N) is 5. The molecule has 1 aromatic carbocycles. The van der Waals surface area contributed by atoms with Crippen molar-refractivity contribution >= 4 is 22.8 Å². The van der Waals surface area contributed by atoms with Crippen molar-refractivity contribution in [2.45, 2.75) is 19.3 Å². The molecular formula is C22H20N6O3. The molecule has 1 amide bonds. The van der Waals surface area contributed by atoms with Gasteiger partial charge in [0, 0.05) is 19.7 Å². The molecule has 0 saturated carbocycles. The number of amides is 1. The number of aryl methyl sites for hydroxylation is 2. The van der Waals surface area contributed by atoms with Crippen LogP contribution in [0.5, 0.6) is 0 Å². The maximum Gasteiger partial charge on any atom is 0.332 e. The van der Waals surface area contributed by atoms with Gasteiger partial charge in [-0.2, -0.15) is 5.10 Å². The highest BCUT2D eigenvalue weighted by Crippen LogP contribution is 2.31. The molecule has 0 fully saturated rings. The highest BCUT2D eigenvalue weighted by molar-refractivity contribution is 6.04. The highest BCUT2D eigenvalue weighted by atomic mass is 16.2. The van der Waals surface area contributed by atoms with Crippen LogP contribution in [0.25, 0.3) is 16.7 Å². The zero-order valence-corrected chi connectivity index (χ0v) is 17.1. The van der Waals surface area contributed by atoms with Crippen LogP contribution in [0.4, 0.5) is 5.82 Å². The van der Waals surface area contributed by atoms with E-state index in [1.807, 2.05) is 30.3 Å². The van der Waals surface area contributed by atoms with Gasteiger partial charge in [0.1, 0.15) is 17.2 Å². The second kappa shape index (κ2) is 7.05. The summed E-state index contributed by atoms with van der Waals surface area (Å²) in [5.74, 6) is 0.199. The summed E-state index contributed by atoms with van der Waals surface area (Å²) in [5.41, 5.74) is 2.20. The maximum atomic E-state index is 13.1. The molecule has 9 heteroatoms. The Morgan fingerprint density at radius 2 is 1.77 bits per heavy atom. The predicted molar refractivity (Wildman–Crippen MR) is 116 cm³/mol. The molecule has 1 aliphatic carbocycles. The fourth-order valence-electron chi connectivity index (χ4n) is 4.03. The van der Waals surface area contributed by atoms with Crippen molar-refractivity contribution in [3.8, 4) is 5.69 Å². The summed E-state index contributed by atoms with van der Waals surface area (Å²) in [5, 5.41) is 7.93. The molecule has 1 N–H and O–H groups in total. The van der Waals surface area contributed by atoms with Crippen molar-refractivity contribution in [2.24, 2.45) is 14.1 Å². The predicted octanol–water partition coefficient (Wildman–Crippen LogP) is 1.56. The van der Waals surface area contributed by atoms with E-state index < -0.39 is 17.2 Å². The molecule has 0 aliphatic heterocycles. The molecule has 0 radical (unpaired) electrons. The van der Waals surface area contributed by atoms with Gasteiger partial charge in [-0.15, -0.1) is 0 Å². The molecule has 0 saturated heterocycles. The summed E-state index contributed by atoms with van der Waals surface area (Å²) >= 11 is 0. The Labute approximate surface area is 176 Å². The van der Waals surface area contributed by atoms with E-state index in [1.165, 1.54) is 30.8 Å². The Bertz CT molecular complexity index is 1460. The summed E-state index contributed by atoms with van der Waals surface area (Å²) in [4.78, 5) is 42.0. The van der Waals surface area contributed by atoms with Crippen molar-refractivity contribution < 1.29 is 4.79 Å². The van der Waals surface area contributed by atoms with Crippen LogP contribution in [-0.2, 0) is 26.9 Å². The fourth-order valence-corrected chi connectivity index (χ4v) is 4.03. The third-order valence-corrected chi connectivity index (χ3v) is 5.67. The lowest BCUT2D eigenvalue weighted by Gasteiger charge is -2.12. The van der Waals surface area contributed by atoms with E-state index in [0.29, 0.717) is 5.82 Å². The van der Waals surface area contributed by atoms with Crippen molar-refractivity contribution in [3.63, 3.8) is 0 Å². The third kappa shape index (κ3) is 2.97. The third-order valence-electron chi connectivity index (χ3n) is 5.67. The average molecular weight is 416 g/mol. The molecule has 4 aromatic rings. The van der Waals surface area contributed by atoms with Gasteiger partial charge in [-0.1, -0.05) is 18.2 Å². The maximum absolute atomic E-state index is 13.1. The molecule has 3 aromatic heterocycles. The number of benzene rings is 1. The van der Waals surface area contributed by atoms with Crippen molar-refractivity contribution in [2.75, 3.05) is 5.32 Å². The first-order valence-electron chi connectivity index (χ1n) is 10.00. The number of hydrogen-bond acceptors (Lipinski definition) is 5. The second-order valence-electron chi connectivity index (χ2n) is 7.60. The molecule has 3 heterocycles. The molecule has 0 bridgehead atoms. The number of nitrogens with one attached hydrogen (secondary N) is 1. The summed E-state index contributed by atoms with van der Waals surface area (Å²) in [7, 11) is 2.94. The normalized spacial score (nSPS) is 12.8. The lowest BCUT2D eigenvalue weighted by molar-refractivity contribution is 0.102. The van der Waals surface area contributed by atoms with Gasteiger partial charge < -0.3 is 5.32 Å². The molecule has 156 valence electrons.